The summed E-state index contributed by atoms with van der Waals surface area (Å²) in [5, 5.41) is 5.45. The van der Waals surface area contributed by atoms with Crippen molar-refractivity contribution in [2.45, 2.75) is 25.9 Å². The van der Waals surface area contributed by atoms with Gasteiger partial charge in [-0.2, -0.15) is 0 Å². The molecule has 0 aromatic heterocycles. The zero-order valence-electron chi connectivity index (χ0n) is 14.8. The minimum atomic E-state index is -0.607. The zero-order chi connectivity index (χ0) is 19.0. The summed E-state index contributed by atoms with van der Waals surface area (Å²) in [5.41, 5.74) is 2.93. The molecule has 0 spiro atoms. The lowest BCUT2D eigenvalue weighted by molar-refractivity contribution is -0.122. The molecule has 4 amide bonds. The number of carbonyl (C=O) groups is 3. The highest BCUT2D eigenvalue weighted by atomic mass is 16.5. The van der Waals surface area contributed by atoms with E-state index >= 15 is 0 Å². The monoisotopic (exact) mass is 365 g/mol. The fourth-order valence-corrected chi connectivity index (χ4v) is 3.36. The summed E-state index contributed by atoms with van der Waals surface area (Å²) in [4.78, 5) is 37.8. The first-order valence-electron chi connectivity index (χ1n) is 8.80. The summed E-state index contributed by atoms with van der Waals surface area (Å²) in [6, 6.07) is 12.1. The fourth-order valence-electron chi connectivity index (χ4n) is 3.36. The van der Waals surface area contributed by atoms with Crippen LogP contribution in [0.4, 0.5) is 16.2 Å². The maximum atomic E-state index is 12.6. The number of fused-ring (bicyclic) bond motifs is 1. The van der Waals surface area contributed by atoms with Gasteiger partial charge in [0.2, 0.25) is 5.91 Å². The number of hydrogen-bond donors (Lipinski definition) is 2. The number of amides is 4. The number of imide groups is 1. The first-order valence-corrected chi connectivity index (χ1v) is 8.80. The summed E-state index contributed by atoms with van der Waals surface area (Å²) in [6.07, 6.45) is 0.149. The lowest BCUT2D eigenvalue weighted by atomic mass is 10.1. The molecule has 1 fully saturated rings. The number of nitrogens with one attached hydrogen (secondary N) is 2. The molecule has 0 bridgehead atoms. The van der Waals surface area contributed by atoms with Gasteiger partial charge in [0.25, 0.3) is 5.91 Å². The summed E-state index contributed by atoms with van der Waals surface area (Å²) in [7, 11) is 0. The van der Waals surface area contributed by atoms with Crippen LogP contribution in [-0.2, 0) is 16.0 Å². The van der Waals surface area contributed by atoms with Crippen LogP contribution in [0.25, 0.3) is 0 Å². The van der Waals surface area contributed by atoms with Crippen LogP contribution in [0.3, 0.4) is 0 Å². The lowest BCUT2D eigenvalue weighted by Crippen LogP contribution is -2.50. The average Bonchev–Trinajstić information content (AvgIpc) is 3.08. The SMILES string of the molecule is Cc1cccc2c1O[C@H](C(=O)Nc1cccc(N3C(=O)CCNC3=O)c1)C2. The number of rotatable bonds is 3. The Balaban J connectivity index is 1.49. The molecule has 1 atom stereocenters. The third-order valence-corrected chi connectivity index (χ3v) is 4.69. The highest BCUT2D eigenvalue weighted by Gasteiger charge is 2.31. The van der Waals surface area contributed by atoms with E-state index in [0.717, 1.165) is 21.8 Å². The molecule has 1 saturated heterocycles. The molecule has 2 aliphatic rings. The molecule has 2 N–H and O–H groups in total. The molecule has 0 saturated carbocycles. The van der Waals surface area contributed by atoms with Crippen LogP contribution in [-0.4, -0.2) is 30.5 Å². The van der Waals surface area contributed by atoms with Crippen LogP contribution in [0.15, 0.2) is 42.5 Å². The third kappa shape index (κ3) is 3.23. The van der Waals surface area contributed by atoms with Crippen molar-refractivity contribution < 1.29 is 19.1 Å². The van der Waals surface area contributed by atoms with Crippen LogP contribution in [0.1, 0.15) is 17.5 Å². The van der Waals surface area contributed by atoms with Crippen molar-refractivity contribution in [3.8, 4) is 5.75 Å². The van der Waals surface area contributed by atoms with Gasteiger partial charge in [-0.15, -0.1) is 0 Å². The van der Waals surface area contributed by atoms with E-state index in [9.17, 15) is 14.4 Å². The molecule has 2 heterocycles. The Morgan fingerprint density at radius 2 is 2.04 bits per heavy atom. The Morgan fingerprint density at radius 1 is 1.22 bits per heavy atom. The molecular formula is C20H19N3O4. The van der Waals surface area contributed by atoms with E-state index in [2.05, 4.69) is 10.6 Å². The van der Waals surface area contributed by atoms with Crippen molar-refractivity contribution in [1.29, 1.82) is 0 Å². The second-order valence-corrected chi connectivity index (χ2v) is 6.62. The van der Waals surface area contributed by atoms with Crippen molar-refractivity contribution in [3.63, 3.8) is 0 Å². The molecule has 0 aliphatic carbocycles. The number of nitrogens with zero attached hydrogens (tertiary/aromatic N) is 1. The molecule has 2 aromatic rings. The van der Waals surface area contributed by atoms with E-state index in [1.807, 2.05) is 25.1 Å². The van der Waals surface area contributed by atoms with Gasteiger partial charge >= 0.3 is 6.03 Å². The Morgan fingerprint density at radius 3 is 2.81 bits per heavy atom. The van der Waals surface area contributed by atoms with E-state index in [0.29, 0.717) is 24.3 Å². The smallest absolute Gasteiger partial charge is 0.328 e. The molecule has 138 valence electrons. The van der Waals surface area contributed by atoms with Crippen LogP contribution in [0.2, 0.25) is 0 Å². The first kappa shape index (κ1) is 17.1. The predicted molar refractivity (Wildman–Crippen MR) is 99.9 cm³/mol. The quantitative estimate of drug-likeness (QED) is 0.874. The van der Waals surface area contributed by atoms with E-state index in [1.54, 1.807) is 24.3 Å². The molecular weight excluding hydrogens is 346 g/mol. The molecule has 0 unspecified atom stereocenters. The van der Waals surface area contributed by atoms with Crippen molar-refractivity contribution in [3.05, 3.63) is 53.6 Å². The number of benzene rings is 2. The standard InChI is InChI=1S/C20H19N3O4/c1-12-4-2-5-13-10-16(27-18(12)13)19(25)22-14-6-3-7-15(11-14)23-17(24)8-9-21-20(23)26/h2-7,11,16H,8-10H2,1H3,(H,21,26)(H,22,25)/t16-/m0/s1. The summed E-state index contributed by atoms with van der Waals surface area (Å²) >= 11 is 0. The summed E-state index contributed by atoms with van der Waals surface area (Å²) in [5.74, 6) is 0.228. The van der Waals surface area contributed by atoms with Crippen LogP contribution >= 0.6 is 0 Å². The van der Waals surface area contributed by atoms with E-state index < -0.39 is 12.1 Å². The molecule has 2 aliphatic heterocycles. The molecule has 4 rings (SSSR count). The van der Waals surface area contributed by atoms with Gasteiger partial charge in [-0.05, 0) is 36.2 Å². The van der Waals surface area contributed by atoms with Crippen molar-refractivity contribution in [1.82, 2.24) is 5.32 Å². The van der Waals surface area contributed by atoms with Gasteiger partial charge in [-0.25, -0.2) is 9.69 Å². The normalized spacial score (nSPS) is 18.6. The topological polar surface area (TPSA) is 87.7 Å². The third-order valence-electron chi connectivity index (χ3n) is 4.69. The van der Waals surface area contributed by atoms with Crippen LogP contribution < -0.4 is 20.3 Å². The number of anilines is 2. The Labute approximate surface area is 156 Å². The van der Waals surface area contributed by atoms with Gasteiger partial charge in [0.05, 0.1) is 5.69 Å². The van der Waals surface area contributed by atoms with Gasteiger partial charge in [0, 0.05) is 25.1 Å². The van der Waals surface area contributed by atoms with Gasteiger partial charge in [-0.3, -0.25) is 9.59 Å². The molecule has 7 nitrogen and oxygen atoms in total. The number of para-hydroxylation sites is 1. The van der Waals surface area contributed by atoms with Gasteiger partial charge < -0.3 is 15.4 Å². The maximum absolute atomic E-state index is 12.6. The largest absolute Gasteiger partial charge is 0.480 e. The summed E-state index contributed by atoms with van der Waals surface area (Å²) < 4.78 is 5.81. The van der Waals surface area contributed by atoms with Crippen molar-refractivity contribution in [2.75, 3.05) is 16.8 Å². The molecule has 27 heavy (non-hydrogen) atoms. The Hall–Kier alpha value is -3.35. The molecule has 7 heteroatoms. The predicted octanol–water partition coefficient (Wildman–Crippen LogP) is 2.38. The fraction of sp³-hybridized carbons (Fsp3) is 0.250. The van der Waals surface area contributed by atoms with Crippen molar-refractivity contribution in [2.24, 2.45) is 0 Å². The van der Waals surface area contributed by atoms with Gasteiger partial charge in [0.15, 0.2) is 6.10 Å². The van der Waals surface area contributed by atoms with E-state index in [1.165, 1.54) is 0 Å². The minimum Gasteiger partial charge on any atom is -0.480 e. The number of ether oxygens (including phenoxy) is 1. The average molecular weight is 365 g/mol. The first-order chi connectivity index (χ1) is 13.0. The number of aryl methyl sites for hydroxylation is 1. The second-order valence-electron chi connectivity index (χ2n) is 6.62. The van der Waals surface area contributed by atoms with Crippen molar-refractivity contribution >= 4 is 29.2 Å². The molecule has 2 aromatic carbocycles. The Bertz CT molecular complexity index is 925. The lowest BCUT2D eigenvalue weighted by Gasteiger charge is -2.26. The van der Waals surface area contributed by atoms with Crippen LogP contribution in [0, 0.1) is 6.92 Å². The van der Waals surface area contributed by atoms with Gasteiger partial charge in [-0.1, -0.05) is 24.3 Å². The van der Waals surface area contributed by atoms with Crippen LogP contribution in [0.5, 0.6) is 5.75 Å². The minimum absolute atomic E-state index is 0.246. The zero-order valence-corrected chi connectivity index (χ0v) is 14.8. The summed E-state index contributed by atoms with van der Waals surface area (Å²) in [6.45, 7) is 2.28. The number of urea groups is 1. The highest BCUT2D eigenvalue weighted by molar-refractivity contribution is 6.16. The van der Waals surface area contributed by atoms with E-state index in [4.69, 9.17) is 4.74 Å². The number of hydrogen-bond acceptors (Lipinski definition) is 4. The Kier molecular flexibility index (Phi) is 4.27. The van der Waals surface area contributed by atoms with Gasteiger partial charge in [0.1, 0.15) is 5.75 Å². The molecule has 0 radical (unpaired) electrons. The second kappa shape index (κ2) is 6.75. The number of carbonyl (C=O) groups excluding carboxylic acids is 3. The van der Waals surface area contributed by atoms with E-state index in [-0.39, 0.29) is 18.2 Å². The highest BCUT2D eigenvalue weighted by Crippen LogP contribution is 2.32. The maximum Gasteiger partial charge on any atom is 0.328 e.